The molecule has 0 aliphatic heterocycles. The summed E-state index contributed by atoms with van der Waals surface area (Å²) in [6, 6.07) is 4.98. The fourth-order valence-corrected chi connectivity index (χ4v) is 2.19. The van der Waals surface area contributed by atoms with Crippen molar-refractivity contribution in [1.29, 1.82) is 0 Å². The highest BCUT2D eigenvalue weighted by Crippen LogP contribution is 2.34. The highest BCUT2D eigenvalue weighted by atomic mass is 32.2. The number of carboxylic acids is 1. The van der Waals surface area contributed by atoms with Gasteiger partial charge in [0.15, 0.2) is 0 Å². The molecular weight excluding hydrogens is 210 g/mol. The highest BCUT2D eigenvalue weighted by molar-refractivity contribution is 8.00. The van der Waals surface area contributed by atoms with Crippen molar-refractivity contribution in [2.24, 2.45) is 0 Å². The molecular formula is C11H15NO2S. The Bertz CT molecular complexity index is 383. The first-order valence-corrected chi connectivity index (χ1v) is 5.43. The number of aromatic carboxylic acids is 1. The third-order valence-electron chi connectivity index (χ3n) is 1.65. The quantitative estimate of drug-likeness (QED) is 0.600. The van der Waals surface area contributed by atoms with Crippen LogP contribution in [-0.2, 0) is 0 Å². The highest BCUT2D eigenvalue weighted by Gasteiger charge is 2.17. The Labute approximate surface area is 93.7 Å². The number of nitrogens with two attached hydrogens (primary N) is 1. The van der Waals surface area contributed by atoms with E-state index in [2.05, 4.69) is 0 Å². The van der Waals surface area contributed by atoms with E-state index in [-0.39, 0.29) is 10.3 Å². The van der Waals surface area contributed by atoms with Gasteiger partial charge in [-0.3, -0.25) is 0 Å². The molecule has 1 rings (SSSR count). The topological polar surface area (TPSA) is 63.3 Å². The first-order chi connectivity index (χ1) is 6.79. The third kappa shape index (κ3) is 3.47. The Morgan fingerprint density at radius 3 is 2.47 bits per heavy atom. The summed E-state index contributed by atoms with van der Waals surface area (Å²) >= 11 is 1.53. The van der Waals surface area contributed by atoms with Gasteiger partial charge >= 0.3 is 5.97 Å². The largest absolute Gasteiger partial charge is 0.478 e. The zero-order valence-electron chi connectivity index (χ0n) is 9.07. The zero-order chi connectivity index (χ0) is 11.6. The lowest BCUT2D eigenvalue weighted by molar-refractivity contribution is 0.0693. The molecule has 0 atom stereocenters. The second-order valence-electron chi connectivity index (χ2n) is 4.28. The molecule has 0 bridgehead atoms. The van der Waals surface area contributed by atoms with E-state index in [4.69, 9.17) is 10.8 Å². The van der Waals surface area contributed by atoms with Crippen LogP contribution in [0.15, 0.2) is 23.1 Å². The SMILES string of the molecule is CC(C)(C)Sc1ccc(N)cc1C(=O)O. The number of rotatable bonds is 2. The molecule has 0 spiro atoms. The van der Waals surface area contributed by atoms with Crippen LogP contribution in [0.3, 0.4) is 0 Å². The first-order valence-electron chi connectivity index (χ1n) is 4.61. The Morgan fingerprint density at radius 2 is 2.00 bits per heavy atom. The number of hydrogen-bond donors (Lipinski definition) is 2. The van der Waals surface area contributed by atoms with Gasteiger partial charge in [-0.05, 0) is 18.2 Å². The van der Waals surface area contributed by atoms with E-state index < -0.39 is 5.97 Å². The average molecular weight is 225 g/mol. The number of nitrogen functional groups attached to an aromatic ring is 1. The van der Waals surface area contributed by atoms with Gasteiger partial charge in [0.2, 0.25) is 0 Å². The predicted octanol–water partition coefficient (Wildman–Crippen LogP) is 2.86. The molecule has 0 aliphatic carbocycles. The van der Waals surface area contributed by atoms with E-state index in [9.17, 15) is 4.79 Å². The zero-order valence-corrected chi connectivity index (χ0v) is 9.89. The lowest BCUT2D eigenvalue weighted by Crippen LogP contribution is -2.09. The number of anilines is 1. The molecule has 4 heteroatoms. The van der Waals surface area contributed by atoms with E-state index in [1.807, 2.05) is 20.8 Å². The smallest absolute Gasteiger partial charge is 0.336 e. The van der Waals surface area contributed by atoms with Gasteiger partial charge in [0.25, 0.3) is 0 Å². The molecule has 0 unspecified atom stereocenters. The maximum Gasteiger partial charge on any atom is 0.336 e. The molecule has 82 valence electrons. The first kappa shape index (κ1) is 11.9. The Morgan fingerprint density at radius 1 is 1.40 bits per heavy atom. The van der Waals surface area contributed by atoms with Crippen LogP contribution in [-0.4, -0.2) is 15.8 Å². The van der Waals surface area contributed by atoms with Gasteiger partial charge < -0.3 is 10.8 Å². The summed E-state index contributed by atoms with van der Waals surface area (Å²) in [4.78, 5) is 11.7. The standard InChI is InChI=1S/C11H15NO2S/c1-11(2,3)15-9-5-4-7(12)6-8(9)10(13)14/h4-6H,12H2,1-3H3,(H,13,14). The van der Waals surface area contributed by atoms with Gasteiger partial charge in [-0.25, -0.2) is 4.79 Å². The van der Waals surface area contributed by atoms with Crippen molar-refractivity contribution in [3.63, 3.8) is 0 Å². The van der Waals surface area contributed by atoms with Crippen LogP contribution >= 0.6 is 11.8 Å². The number of benzene rings is 1. The van der Waals surface area contributed by atoms with Crippen molar-refractivity contribution < 1.29 is 9.90 Å². The van der Waals surface area contributed by atoms with Crippen molar-refractivity contribution in [2.45, 2.75) is 30.4 Å². The summed E-state index contributed by atoms with van der Waals surface area (Å²) in [6.45, 7) is 6.12. The molecule has 0 heterocycles. The van der Waals surface area contributed by atoms with Gasteiger partial charge in [0.1, 0.15) is 0 Å². The van der Waals surface area contributed by atoms with Crippen LogP contribution in [0.25, 0.3) is 0 Å². The van der Waals surface area contributed by atoms with Crippen molar-refractivity contribution in [2.75, 3.05) is 5.73 Å². The maximum absolute atomic E-state index is 11.0. The Hall–Kier alpha value is -1.16. The second kappa shape index (κ2) is 4.14. The minimum absolute atomic E-state index is 0.0136. The lowest BCUT2D eigenvalue weighted by atomic mass is 10.2. The van der Waals surface area contributed by atoms with Crippen LogP contribution < -0.4 is 5.73 Å². The number of hydrogen-bond acceptors (Lipinski definition) is 3. The summed E-state index contributed by atoms with van der Waals surface area (Å²) in [7, 11) is 0. The summed E-state index contributed by atoms with van der Waals surface area (Å²) in [5.41, 5.74) is 6.31. The summed E-state index contributed by atoms with van der Waals surface area (Å²) in [6.07, 6.45) is 0. The number of thioether (sulfide) groups is 1. The van der Waals surface area contributed by atoms with Crippen LogP contribution in [0.1, 0.15) is 31.1 Å². The van der Waals surface area contributed by atoms with E-state index in [1.54, 1.807) is 12.1 Å². The molecule has 0 saturated carbocycles. The molecule has 1 aromatic rings. The Kier molecular flexibility index (Phi) is 3.29. The van der Waals surface area contributed by atoms with Gasteiger partial charge in [0, 0.05) is 15.3 Å². The third-order valence-corrected chi connectivity index (χ3v) is 2.84. The van der Waals surface area contributed by atoms with Gasteiger partial charge in [-0.1, -0.05) is 20.8 Å². The molecule has 0 amide bonds. The minimum atomic E-state index is -0.936. The van der Waals surface area contributed by atoms with Gasteiger partial charge in [-0.2, -0.15) is 0 Å². The number of carboxylic acid groups (broad SMARTS) is 1. The van der Waals surface area contributed by atoms with Crippen LogP contribution in [0, 0.1) is 0 Å². The summed E-state index contributed by atoms with van der Waals surface area (Å²) < 4.78 is -0.0136. The average Bonchev–Trinajstić information content (AvgIpc) is 2.05. The fraction of sp³-hybridized carbons (Fsp3) is 0.364. The van der Waals surface area contributed by atoms with Crippen LogP contribution in [0.4, 0.5) is 5.69 Å². The van der Waals surface area contributed by atoms with Gasteiger partial charge in [0.05, 0.1) is 5.56 Å². The van der Waals surface area contributed by atoms with Crippen molar-refractivity contribution >= 4 is 23.4 Å². The van der Waals surface area contributed by atoms with Crippen molar-refractivity contribution in [3.8, 4) is 0 Å². The molecule has 0 fully saturated rings. The summed E-state index contributed by atoms with van der Waals surface area (Å²) in [5.74, 6) is -0.936. The number of carbonyl (C=O) groups is 1. The molecule has 1 aromatic carbocycles. The van der Waals surface area contributed by atoms with Crippen molar-refractivity contribution in [1.82, 2.24) is 0 Å². The Balaban J connectivity index is 3.12. The molecule has 3 nitrogen and oxygen atoms in total. The van der Waals surface area contributed by atoms with E-state index in [1.165, 1.54) is 17.8 Å². The van der Waals surface area contributed by atoms with E-state index >= 15 is 0 Å². The molecule has 15 heavy (non-hydrogen) atoms. The maximum atomic E-state index is 11.0. The van der Waals surface area contributed by atoms with Crippen molar-refractivity contribution in [3.05, 3.63) is 23.8 Å². The van der Waals surface area contributed by atoms with Crippen LogP contribution in [0.5, 0.6) is 0 Å². The van der Waals surface area contributed by atoms with Gasteiger partial charge in [-0.15, -0.1) is 11.8 Å². The molecule has 3 N–H and O–H groups in total. The lowest BCUT2D eigenvalue weighted by Gasteiger charge is -2.18. The monoisotopic (exact) mass is 225 g/mol. The fourth-order valence-electron chi connectivity index (χ4n) is 1.13. The predicted molar refractivity (Wildman–Crippen MR) is 63.4 cm³/mol. The summed E-state index contributed by atoms with van der Waals surface area (Å²) in [5, 5.41) is 9.02. The normalized spacial score (nSPS) is 11.4. The minimum Gasteiger partial charge on any atom is -0.478 e. The second-order valence-corrected chi connectivity index (χ2v) is 6.14. The molecule has 0 radical (unpaired) electrons. The molecule has 0 aliphatic rings. The van der Waals surface area contributed by atoms with Crippen LogP contribution in [0.2, 0.25) is 0 Å². The molecule has 0 aromatic heterocycles. The van der Waals surface area contributed by atoms with E-state index in [0.29, 0.717) is 5.69 Å². The van der Waals surface area contributed by atoms with E-state index in [0.717, 1.165) is 4.90 Å². The molecule has 0 saturated heterocycles.